The highest BCUT2D eigenvalue weighted by atomic mass is 16.5. The molecule has 0 bridgehead atoms. The van der Waals surface area contributed by atoms with Crippen LogP contribution >= 0.6 is 0 Å². The lowest BCUT2D eigenvalue weighted by Gasteiger charge is -2.38. The van der Waals surface area contributed by atoms with Crippen molar-refractivity contribution >= 4 is 34.7 Å². The fraction of sp³-hybridized carbons (Fsp3) is 0.480. The van der Waals surface area contributed by atoms with Crippen molar-refractivity contribution in [3.8, 4) is 22.5 Å². The number of benzene rings is 2. The summed E-state index contributed by atoms with van der Waals surface area (Å²) < 4.78 is 9.47. The second-order valence-corrected chi connectivity index (χ2v) is 20.2. The summed E-state index contributed by atoms with van der Waals surface area (Å²) >= 11 is 0. The summed E-state index contributed by atoms with van der Waals surface area (Å²) in [4.78, 5) is 56.4. The summed E-state index contributed by atoms with van der Waals surface area (Å²) in [7, 11) is 0. The van der Waals surface area contributed by atoms with E-state index in [1.54, 1.807) is 4.90 Å². The van der Waals surface area contributed by atoms with Gasteiger partial charge >= 0.3 is 17.8 Å². The molecule has 2 N–H and O–H groups in total. The topological polar surface area (TPSA) is 175 Å². The zero-order valence-electron chi connectivity index (χ0n) is 38.6. The number of anilines is 2. The summed E-state index contributed by atoms with van der Waals surface area (Å²) in [6, 6.07) is 17.0. The maximum Gasteiger partial charge on any atom is 0.328 e. The number of aromatic nitrogens is 7. The molecule has 4 aliphatic heterocycles. The third kappa shape index (κ3) is 9.06. The van der Waals surface area contributed by atoms with Crippen LogP contribution in [0.25, 0.3) is 28.0 Å². The van der Waals surface area contributed by atoms with Crippen molar-refractivity contribution in [1.82, 2.24) is 55.0 Å². The number of hydrogen-bond acceptors (Lipinski definition) is 12. The molecule has 11 rings (SSSR count). The normalized spacial score (nSPS) is 20.6. The van der Waals surface area contributed by atoms with E-state index in [9.17, 15) is 14.4 Å². The molecule has 8 heterocycles. The zero-order valence-corrected chi connectivity index (χ0v) is 38.6. The van der Waals surface area contributed by atoms with Gasteiger partial charge in [-0.1, -0.05) is 38.1 Å². The molecule has 17 nitrogen and oxygen atoms in total. The molecule has 3 saturated heterocycles. The van der Waals surface area contributed by atoms with Gasteiger partial charge in [-0.2, -0.15) is 15.2 Å². The van der Waals surface area contributed by atoms with Crippen LogP contribution in [0.4, 0.5) is 16.2 Å². The molecule has 0 radical (unpaired) electrons. The standard InChI is InChI=1S/C50H59N13O4/c1-50(2,3)48-56-47(67-57-48)46(65)54-41-17-24-60(37-5-6-37)29-34-26-33(4-11-40(34)41)45-43-12-19-51-63(43)31-42(53-45)35-27-52-62(30-35)39-15-20-58(21-16-39)28-32-13-22-59(23-14-32)36-7-9-38(10-8-36)61-25-18-44(64)55-49(61)66/h4,7-12,19,26-27,30-32,37,39,41H,5-6,13-18,20-25,28-29H2,1-3H3,(H,54,65)(H,55,64,66)/t41-/m1/s1. The number of rotatable bonds is 10. The van der Waals surface area contributed by atoms with Crippen LogP contribution in [0.5, 0.6) is 0 Å². The Morgan fingerprint density at radius 3 is 2.36 bits per heavy atom. The molecular weight excluding hydrogens is 847 g/mol. The van der Waals surface area contributed by atoms with Gasteiger partial charge in [-0.25, -0.2) is 14.3 Å². The average Bonchev–Trinajstić information content (AvgIpc) is 3.63. The Balaban J connectivity index is 0.733. The van der Waals surface area contributed by atoms with E-state index in [0.29, 0.717) is 36.8 Å². The second kappa shape index (κ2) is 17.6. The van der Waals surface area contributed by atoms with E-state index in [1.165, 1.54) is 24.1 Å². The van der Waals surface area contributed by atoms with Gasteiger partial charge in [-0.15, -0.1) is 0 Å². The van der Waals surface area contributed by atoms with Crippen LogP contribution in [-0.2, 0) is 16.8 Å². The van der Waals surface area contributed by atoms with E-state index < -0.39 is 0 Å². The first kappa shape index (κ1) is 43.1. The molecule has 4 amide bonds. The molecule has 6 aromatic rings. The van der Waals surface area contributed by atoms with Crippen LogP contribution in [0.1, 0.15) is 112 Å². The molecule has 2 aromatic carbocycles. The highest BCUT2D eigenvalue weighted by molar-refractivity contribution is 6.05. The largest absolute Gasteiger partial charge is 0.372 e. The van der Waals surface area contributed by atoms with Crippen molar-refractivity contribution in [3.63, 3.8) is 0 Å². The second-order valence-electron chi connectivity index (χ2n) is 20.2. The number of carbonyl (C=O) groups excluding carboxylic acids is 3. The molecule has 1 atom stereocenters. The van der Waals surface area contributed by atoms with Crippen molar-refractivity contribution in [3.05, 3.63) is 96.2 Å². The van der Waals surface area contributed by atoms with Crippen molar-refractivity contribution in [2.75, 3.05) is 55.6 Å². The van der Waals surface area contributed by atoms with E-state index in [1.807, 2.05) is 62.1 Å². The Bertz CT molecular complexity index is 2790. The minimum atomic E-state index is -0.355. The molecule has 4 fully saturated rings. The Hall–Kier alpha value is -6.46. The monoisotopic (exact) mass is 905 g/mol. The third-order valence-corrected chi connectivity index (χ3v) is 14.5. The molecule has 0 unspecified atom stereocenters. The smallest absolute Gasteiger partial charge is 0.328 e. The number of piperidine rings is 2. The van der Waals surface area contributed by atoms with E-state index >= 15 is 0 Å². The highest BCUT2D eigenvalue weighted by Gasteiger charge is 2.35. The van der Waals surface area contributed by atoms with Gasteiger partial charge in [0.25, 0.3) is 0 Å². The van der Waals surface area contributed by atoms with Gasteiger partial charge < -0.3 is 19.6 Å². The Morgan fingerprint density at radius 1 is 0.821 bits per heavy atom. The molecule has 1 aliphatic carbocycles. The van der Waals surface area contributed by atoms with Gasteiger partial charge in [0.05, 0.1) is 47.6 Å². The van der Waals surface area contributed by atoms with Gasteiger partial charge in [0.2, 0.25) is 5.91 Å². The lowest BCUT2D eigenvalue weighted by Crippen LogP contribution is -2.49. The van der Waals surface area contributed by atoms with Crippen LogP contribution in [0, 0.1) is 5.92 Å². The molecule has 5 aliphatic rings. The molecule has 67 heavy (non-hydrogen) atoms. The number of carbonyl (C=O) groups is 3. The van der Waals surface area contributed by atoms with E-state index in [0.717, 1.165) is 117 Å². The van der Waals surface area contributed by atoms with Crippen molar-refractivity contribution < 1.29 is 18.9 Å². The van der Waals surface area contributed by atoms with E-state index in [2.05, 4.69) is 81.8 Å². The van der Waals surface area contributed by atoms with Crippen molar-refractivity contribution in [1.29, 1.82) is 0 Å². The fourth-order valence-corrected chi connectivity index (χ4v) is 10.4. The van der Waals surface area contributed by atoms with Gasteiger partial charge in [0, 0.05) is 98.9 Å². The van der Waals surface area contributed by atoms with Crippen LogP contribution in [-0.4, -0.2) is 114 Å². The Kier molecular flexibility index (Phi) is 11.4. The predicted molar refractivity (Wildman–Crippen MR) is 252 cm³/mol. The predicted octanol–water partition coefficient (Wildman–Crippen LogP) is 6.78. The highest BCUT2D eigenvalue weighted by Crippen LogP contribution is 2.38. The number of amides is 4. The summed E-state index contributed by atoms with van der Waals surface area (Å²) in [5, 5.41) is 19.3. The van der Waals surface area contributed by atoms with Crippen LogP contribution in [0.3, 0.4) is 0 Å². The van der Waals surface area contributed by atoms with Gasteiger partial charge in [0.15, 0.2) is 5.82 Å². The SMILES string of the molecule is CC(C)(C)c1noc(C(=O)N[C@@H]2CCN(C3CC3)Cc3cc(-c4nc(-c5cnn(C6CCN(CC7CCN(c8ccc(N9CCC(=O)NC9=O)cc8)CC7)CC6)c5)cn5nccc45)ccc32)n1. The van der Waals surface area contributed by atoms with Gasteiger partial charge in [-0.05, 0) is 98.4 Å². The van der Waals surface area contributed by atoms with Crippen LogP contribution in [0.2, 0.25) is 0 Å². The summed E-state index contributed by atoms with van der Waals surface area (Å²) in [5.41, 5.74) is 8.51. The number of urea groups is 1. The van der Waals surface area contributed by atoms with Crippen LogP contribution in [0.15, 0.2) is 77.8 Å². The third-order valence-electron chi connectivity index (χ3n) is 14.5. The first-order valence-corrected chi connectivity index (χ1v) is 24.1. The van der Waals surface area contributed by atoms with Crippen LogP contribution < -0.4 is 20.4 Å². The number of nitrogens with zero attached hydrogens (tertiary/aromatic N) is 11. The summed E-state index contributed by atoms with van der Waals surface area (Å²) in [6.07, 6.45) is 15.8. The quantitative estimate of drug-likeness (QED) is 0.148. The molecule has 4 aromatic heterocycles. The number of fused-ring (bicyclic) bond motifs is 2. The molecule has 1 saturated carbocycles. The first-order valence-electron chi connectivity index (χ1n) is 24.1. The van der Waals surface area contributed by atoms with Crippen molar-refractivity contribution in [2.24, 2.45) is 5.92 Å². The fourth-order valence-electron chi connectivity index (χ4n) is 10.4. The first-order chi connectivity index (χ1) is 32.5. The van der Waals surface area contributed by atoms with Crippen molar-refractivity contribution in [2.45, 2.75) is 102 Å². The van der Waals surface area contributed by atoms with E-state index in [4.69, 9.17) is 14.6 Å². The molecule has 0 spiro atoms. The molecule has 17 heteroatoms. The lowest BCUT2D eigenvalue weighted by molar-refractivity contribution is -0.120. The minimum absolute atomic E-state index is 0.0114. The summed E-state index contributed by atoms with van der Waals surface area (Å²) in [5.74, 6) is 0.587. The Morgan fingerprint density at radius 2 is 1.61 bits per heavy atom. The maximum atomic E-state index is 13.5. The number of hydrogen-bond donors (Lipinski definition) is 2. The number of imide groups is 1. The Labute approximate surface area is 389 Å². The van der Waals surface area contributed by atoms with Gasteiger partial charge in [0.1, 0.15) is 0 Å². The molecular formula is C50H59N13O4. The zero-order chi connectivity index (χ0) is 45.8. The number of nitrogens with one attached hydrogen (secondary N) is 2. The van der Waals surface area contributed by atoms with Gasteiger partial charge in [-0.3, -0.25) is 29.4 Å². The summed E-state index contributed by atoms with van der Waals surface area (Å²) in [6.45, 7) is 13.3. The molecule has 348 valence electrons. The average molecular weight is 906 g/mol. The minimum Gasteiger partial charge on any atom is -0.372 e. The maximum absolute atomic E-state index is 13.5. The lowest BCUT2D eigenvalue weighted by atomic mass is 9.94. The number of likely N-dealkylation sites (tertiary alicyclic amines) is 1. The van der Waals surface area contributed by atoms with E-state index in [-0.39, 0.29) is 35.2 Å².